The van der Waals surface area contributed by atoms with Crippen molar-refractivity contribution in [2.75, 3.05) is 31.8 Å². The summed E-state index contributed by atoms with van der Waals surface area (Å²) in [6.45, 7) is 5.25. The number of carbonyl (C=O) groups excluding carboxylic acids is 1. The monoisotopic (exact) mass is 488 g/mol. The van der Waals surface area contributed by atoms with Crippen molar-refractivity contribution in [3.8, 4) is 0 Å². The Kier molecular flexibility index (Phi) is 9.15. The lowest BCUT2D eigenvalue weighted by molar-refractivity contribution is -0.137. The highest BCUT2D eigenvalue weighted by atomic mass is 35.5. The lowest BCUT2D eigenvalue weighted by atomic mass is 10.1. The van der Waals surface area contributed by atoms with Crippen molar-refractivity contribution >= 4 is 23.3 Å². The minimum Gasteiger partial charge on any atom is -0.399 e. The van der Waals surface area contributed by atoms with Crippen molar-refractivity contribution in [1.82, 2.24) is 14.7 Å². The summed E-state index contributed by atoms with van der Waals surface area (Å²) >= 11 is 5.88. The first-order chi connectivity index (χ1) is 15.6. The molecule has 0 fully saturated rings. The van der Waals surface area contributed by atoms with Crippen LogP contribution in [-0.2, 0) is 17.5 Å². The normalized spacial score (nSPS) is 14.1. The van der Waals surface area contributed by atoms with E-state index >= 15 is 0 Å². The molecular formula is C21H28ClF3N6O2. The van der Waals surface area contributed by atoms with Gasteiger partial charge in [0.25, 0.3) is 5.91 Å². The predicted octanol–water partition coefficient (Wildman–Crippen LogP) is 3.62. The molecule has 4 N–H and O–H groups in total. The number of nitrogens with two attached hydrogens (primary N) is 2. The zero-order valence-corrected chi connectivity index (χ0v) is 19.5. The highest BCUT2D eigenvalue weighted by Gasteiger charge is 2.35. The molecule has 12 heteroatoms. The van der Waals surface area contributed by atoms with Crippen molar-refractivity contribution in [2.45, 2.75) is 33.0 Å². The molecule has 1 aliphatic rings. The SMILES string of the molecule is CC.COCCn1ccc(N(N)C2=C(N)CN(C(=O)c3cccc(C(F)(F)F)c3Cl)CC2)n1. The predicted molar refractivity (Wildman–Crippen MR) is 120 cm³/mol. The first kappa shape index (κ1) is 26.5. The molecule has 1 amide bonds. The maximum atomic E-state index is 13.1. The molecule has 0 unspecified atom stereocenters. The van der Waals surface area contributed by atoms with Crippen LogP contribution in [0, 0.1) is 0 Å². The molecule has 0 saturated carbocycles. The molecule has 0 bridgehead atoms. The molecular weight excluding hydrogens is 461 g/mol. The summed E-state index contributed by atoms with van der Waals surface area (Å²) in [5.41, 5.74) is 5.76. The number of nitrogens with zero attached hydrogens (tertiary/aromatic N) is 4. The molecule has 33 heavy (non-hydrogen) atoms. The summed E-state index contributed by atoms with van der Waals surface area (Å²) in [7, 11) is 1.59. The zero-order valence-electron chi connectivity index (χ0n) is 18.7. The van der Waals surface area contributed by atoms with Gasteiger partial charge in [0.2, 0.25) is 0 Å². The highest BCUT2D eigenvalue weighted by molar-refractivity contribution is 6.34. The number of anilines is 1. The van der Waals surface area contributed by atoms with Gasteiger partial charge in [-0.3, -0.25) is 14.5 Å². The maximum Gasteiger partial charge on any atom is 0.417 e. The summed E-state index contributed by atoms with van der Waals surface area (Å²) in [6, 6.07) is 4.96. The number of ether oxygens (including phenoxy) is 1. The second-order valence-electron chi connectivity index (χ2n) is 6.91. The van der Waals surface area contributed by atoms with Crippen LogP contribution in [0.15, 0.2) is 41.9 Å². The summed E-state index contributed by atoms with van der Waals surface area (Å²) in [4.78, 5) is 14.2. The lowest BCUT2D eigenvalue weighted by Crippen LogP contribution is -2.44. The van der Waals surface area contributed by atoms with E-state index < -0.39 is 22.7 Å². The number of carbonyl (C=O) groups is 1. The molecule has 0 saturated heterocycles. The number of amides is 1. The molecule has 3 rings (SSSR count). The number of benzene rings is 1. The average molecular weight is 489 g/mol. The van der Waals surface area contributed by atoms with Gasteiger partial charge in [0, 0.05) is 38.0 Å². The molecule has 0 aliphatic carbocycles. The van der Waals surface area contributed by atoms with E-state index in [1.54, 1.807) is 24.1 Å². The number of rotatable bonds is 6. The van der Waals surface area contributed by atoms with E-state index in [0.717, 1.165) is 12.1 Å². The molecule has 182 valence electrons. The Hall–Kier alpha value is -2.76. The third-order valence-electron chi connectivity index (χ3n) is 4.86. The van der Waals surface area contributed by atoms with Gasteiger partial charge in [-0.15, -0.1) is 0 Å². The second kappa shape index (κ2) is 11.4. The number of hydrogen-bond donors (Lipinski definition) is 2. The van der Waals surface area contributed by atoms with Crippen LogP contribution in [0.4, 0.5) is 19.0 Å². The quantitative estimate of drug-likeness (QED) is 0.475. The first-order valence-electron chi connectivity index (χ1n) is 10.3. The summed E-state index contributed by atoms with van der Waals surface area (Å²) in [6.07, 6.45) is -2.61. The fourth-order valence-electron chi connectivity index (χ4n) is 3.24. The van der Waals surface area contributed by atoms with E-state index in [2.05, 4.69) is 5.10 Å². The van der Waals surface area contributed by atoms with E-state index in [1.807, 2.05) is 13.8 Å². The third kappa shape index (κ3) is 6.18. The standard InChI is InChI=1S/C19H22ClF3N6O2.C2H6/c1-31-10-9-28-8-6-16(26-28)29(25)15-5-7-27(11-14(15)24)18(30)12-3-2-4-13(17(12)20)19(21,22)23;1-2/h2-4,6,8H,5,7,9-11,24-25H2,1H3;1-2H3. The van der Waals surface area contributed by atoms with Crippen molar-refractivity contribution < 1.29 is 22.7 Å². The number of aromatic nitrogens is 2. The molecule has 1 aromatic heterocycles. The Labute approximate surface area is 195 Å². The van der Waals surface area contributed by atoms with E-state index in [0.29, 0.717) is 36.8 Å². The van der Waals surface area contributed by atoms with Gasteiger partial charge < -0.3 is 15.4 Å². The number of halogens is 4. The van der Waals surface area contributed by atoms with Crippen molar-refractivity contribution in [3.63, 3.8) is 0 Å². The largest absolute Gasteiger partial charge is 0.417 e. The van der Waals surface area contributed by atoms with Crippen molar-refractivity contribution in [1.29, 1.82) is 0 Å². The summed E-state index contributed by atoms with van der Waals surface area (Å²) < 4.78 is 46.0. The molecule has 0 spiro atoms. The third-order valence-corrected chi connectivity index (χ3v) is 5.27. The summed E-state index contributed by atoms with van der Waals surface area (Å²) in [5.74, 6) is 6.00. The van der Waals surface area contributed by atoms with E-state index in [1.165, 1.54) is 16.0 Å². The minimum atomic E-state index is -4.66. The topological polar surface area (TPSA) is 103 Å². The van der Waals surface area contributed by atoms with Crippen molar-refractivity contribution in [2.24, 2.45) is 11.6 Å². The van der Waals surface area contributed by atoms with E-state index in [4.69, 9.17) is 27.9 Å². The molecule has 2 heterocycles. The van der Waals surface area contributed by atoms with Gasteiger partial charge in [-0.25, -0.2) is 5.84 Å². The molecule has 2 aromatic rings. The molecule has 0 radical (unpaired) electrons. The summed E-state index contributed by atoms with van der Waals surface area (Å²) in [5, 5.41) is 5.06. The van der Waals surface area contributed by atoms with Gasteiger partial charge in [-0.05, 0) is 12.1 Å². The van der Waals surface area contributed by atoms with E-state index in [9.17, 15) is 18.0 Å². The van der Waals surface area contributed by atoms with Crippen LogP contribution in [-0.4, -0.2) is 47.4 Å². The van der Waals surface area contributed by atoms with Crippen LogP contribution in [0.2, 0.25) is 5.02 Å². The van der Waals surface area contributed by atoms with Gasteiger partial charge >= 0.3 is 6.18 Å². The van der Waals surface area contributed by atoms with E-state index in [-0.39, 0.29) is 18.7 Å². The number of methoxy groups -OCH3 is 1. The minimum absolute atomic E-state index is 0.00117. The van der Waals surface area contributed by atoms with Crippen LogP contribution in [0.1, 0.15) is 36.2 Å². The smallest absolute Gasteiger partial charge is 0.399 e. The Morgan fingerprint density at radius 3 is 2.61 bits per heavy atom. The number of hydrazine groups is 1. The van der Waals surface area contributed by atoms with Crippen LogP contribution < -0.4 is 16.6 Å². The van der Waals surface area contributed by atoms with Gasteiger partial charge in [-0.1, -0.05) is 31.5 Å². The fourth-order valence-corrected chi connectivity index (χ4v) is 3.55. The van der Waals surface area contributed by atoms with Gasteiger partial charge in [-0.2, -0.15) is 18.3 Å². The van der Waals surface area contributed by atoms with Crippen LogP contribution in [0.3, 0.4) is 0 Å². The molecule has 0 atom stereocenters. The van der Waals surface area contributed by atoms with Crippen LogP contribution >= 0.6 is 11.6 Å². The Bertz CT molecular complexity index is 993. The highest BCUT2D eigenvalue weighted by Crippen LogP contribution is 2.36. The molecule has 1 aliphatic heterocycles. The molecule has 1 aromatic carbocycles. The number of hydrogen-bond acceptors (Lipinski definition) is 6. The second-order valence-corrected chi connectivity index (χ2v) is 7.29. The maximum absolute atomic E-state index is 13.1. The van der Waals surface area contributed by atoms with Crippen LogP contribution in [0.5, 0.6) is 0 Å². The number of alkyl halides is 3. The van der Waals surface area contributed by atoms with Crippen molar-refractivity contribution in [3.05, 3.63) is 58.0 Å². The Morgan fingerprint density at radius 1 is 1.30 bits per heavy atom. The Morgan fingerprint density at radius 2 is 2.00 bits per heavy atom. The fraction of sp³-hybridized carbons (Fsp3) is 0.429. The van der Waals surface area contributed by atoms with Gasteiger partial charge in [0.15, 0.2) is 5.82 Å². The molecule has 8 nitrogen and oxygen atoms in total. The van der Waals surface area contributed by atoms with Gasteiger partial charge in [0.05, 0.1) is 41.5 Å². The Balaban J connectivity index is 0.00000187. The lowest BCUT2D eigenvalue weighted by Gasteiger charge is -2.32. The van der Waals surface area contributed by atoms with Crippen LogP contribution in [0.25, 0.3) is 0 Å². The van der Waals surface area contributed by atoms with Gasteiger partial charge in [0.1, 0.15) is 0 Å². The average Bonchev–Trinajstić information content (AvgIpc) is 3.26. The zero-order chi connectivity index (χ0) is 24.8. The first-order valence-corrected chi connectivity index (χ1v) is 10.7.